The normalized spacial score (nSPS) is 12.2. The first-order valence-electron chi connectivity index (χ1n) is 13.3. The van der Waals surface area contributed by atoms with Crippen molar-refractivity contribution in [2.45, 2.75) is 78.2 Å². The number of carbonyl (C=O) groups is 1. The molecule has 4 nitrogen and oxygen atoms in total. The molecule has 3 rings (SSSR count). The average Bonchev–Trinajstić information content (AvgIpc) is 2.90. The van der Waals surface area contributed by atoms with Crippen LogP contribution in [0, 0.1) is 13.8 Å². The van der Waals surface area contributed by atoms with Crippen LogP contribution in [-0.2, 0) is 5.41 Å². The van der Waals surface area contributed by atoms with Gasteiger partial charge in [-0.3, -0.25) is 0 Å². The number of hydrogen-bond acceptors (Lipinski definition) is 3. The Hall–Kier alpha value is -3.37. The van der Waals surface area contributed by atoms with E-state index in [-0.39, 0.29) is 11.0 Å². The van der Waals surface area contributed by atoms with Crippen molar-refractivity contribution in [3.8, 4) is 11.5 Å². The number of carboxylic acids is 1. The van der Waals surface area contributed by atoms with Crippen molar-refractivity contribution in [1.82, 2.24) is 0 Å². The van der Waals surface area contributed by atoms with E-state index >= 15 is 0 Å². The third-order valence-corrected chi connectivity index (χ3v) is 7.88. The maximum atomic E-state index is 11.1. The molecule has 0 radical (unpaired) electrons. The van der Waals surface area contributed by atoms with Crippen molar-refractivity contribution in [1.29, 1.82) is 0 Å². The number of aliphatic hydroxyl groups is 1. The molecule has 0 unspecified atom stereocenters. The zero-order chi connectivity index (χ0) is 27.2. The van der Waals surface area contributed by atoms with Crippen LogP contribution in [0.25, 0.3) is 6.08 Å². The Balaban J connectivity index is 1.92. The van der Waals surface area contributed by atoms with Gasteiger partial charge in [0.05, 0.1) is 11.2 Å². The summed E-state index contributed by atoms with van der Waals surface area (Å²) in [6, 6.07) is 19.5. The summed E-state index contributed by atoms with van der Waals surface area (Å²) in [5.74, 6) is 0.407. The van der Waals surface area contributed by atoms with Crippen molar-refractivity contribution < 1.29 is 19.7 Å². The van der Waals surface area contributed by atoms with E-state index in [1.807, 2.05) is 39.0 Å². The molecule has 196 valence electrons. The maximum absolute atomic E-state index is 11.1. The van der Waals surface area contributed by atoms with Crippen LogP contribution in [0.1, 0.15) is 91.6 Å². The summed E-state index contributed by atoms with van der Waals surface area (Å²) in [6.45, 7) is 12.7. The lowest BCUT2D eigenvalue weighted by molar-refractivity contribution is 0.0696. The monoisotopic (exact) mass is 500 g/mol. The first-order chi connectivity index (χ1) is 17.6. The van der Waals surface area contributed by atoms with Crippen LogP contribution in [0.5, 0.6) is 11.5 Å². The van der Waals surface area contributed by atoms with Crippen LogP contribution >= 0.6 is 0 Å². The molecule has 0 heterocycles. The largest absolute Gasteiger partial charge is 0.478 e. The van der Waals surface area contributed by atoms with E-state index in [9.17, 15) is 9.90 Å². The molecule has 0 atom stereocenters. The van der Waals surface area contributed by atoms with Crippen LogP contribution in [0.15, 0.2) is 66.7 Å². The third-order valence-electron chi connectivity index (χ3n) is 7.88. The molecule has 0 saturated carbocycles. The van der Waals surface area contributed by atoms with Gasteiger partial charge in [-0.05, 0) is 97.7 Å². The van der Waals surface area contributed by atoms with Crippen molar-refractivity contribution in [2.24, 2.45) is 0 Å². The lowest BCUT2D eigenvalue weighted by Crippen LogP contribution is -2.26. The van der Waals surface area contributed by atoms with E-state index in [1.165, 1.54) is 16.7 Å². The van der Waals surface area contributed by atoms with E-state index < -0.39 is 11.6 Å². The van der Waals surface area contributed by atoms with Crippen molar-refractivity contribution in [2.75, 3.05) is 0 Å². The fourth-order valence-electron chi connectivity index (χ4n) is 4.98. The molecule has 2 N–H and O–H groups in total. The summed E-state index contributed by atoms with van der Waals surface area (Å²) >= 11 is 0. The number of aryl methyl sites for hydroxylation is 2. The molecular formula is C33H40O4. The Labute approximate surface area is 221 Å². The summed E-state index contributed by atoms with van der Waals surface area (Å²) in [5, 5.41) is 19.8. The van der Waals surface area contributed by atoms with E-state index in [0.29, 0.717) is 18.6 Å². The second-order valence-electron chi connectivity index (χ2n) is 9.92. The van der Waals surface area contributed by atoms with Gasteiger partial charge in [-0.15, -0.1) is 0 Å². The number of carboxylic acid groups (broad SMARTS) is 1. The van der Waals surface area contributed by atoms with Gasteiger partial charge in [-0.1, -0.05) is 70.2 Å². The van der Waals surface area contributed by atoms with E-state index in [4.69, 9.17) is 9.84 Å². The molecule has 0 amide bonds. The maximum Gasteiger partial charge on any atom is 0.335 e. The molecule has 37 heavy (non-hydrogen) atoms. The predicted octanol–water partition coefficient (Wildman–Crippen LogP) is 8.46. The SMILES string of the molecule is CCC(O)(C=Cc1ccc(C(CC)(CC)c2ccc(Oc3ccc(C(=O)O)cc3)c(C)c2)cc1C)CC. The second kappa shape index (κ2) is 11.8. The van der Waals surface area contributed by atoms with Gasteiger partial charge in [0.15, 0.2) is 0 Å². The topological polar surface area (TPSA) is 66.8 Å². The molecule has 4 heteroatoms. The van der Waals surface area contributed by atoms with E-state index in [0.717, 1.165) is 29.7 Å². The quantitative estimate of drug-likeness (QED) is 0.277. The molecule has 0 fully saturated rings. The van der Waals surface area contributed by atoms with Crippen molar-refractivity contribution in [3.05, 3.63) is 100 Å². The van der Waals surface area contributed by atoms with E-state index in [1.54, 1.807) is 24.3 Å². The highest BCUT2D eigenvalue weighted by Crippen LogP contribution is 2.41. The number of rotatable bonds is 11. The molecule has 0 aromatic heterocycles. The summed E-state index contributed by atoms with van der Waals surface area (Å²) < 4.78 is 6.07. The first-order valence-corrected chi connectivity index (χ1v) is 13.3. The number of aromatic carboxylic acids is 1. The highest BCUT2D eigenvalue weighted by molar-refractivity contribution is 5.87. The summed E-state index contributed by atoms with van der Waals surface area (Å²) in [5.41, 5.74) is 5.21. The Morgan fingerprint density at radius 1 is 0.811 bits per heavy atom. The third kappa shape index (κ3) is 6.14. The molecule has 0 aliphatic rings. The lowest BCUT2D eigenvalue weighted by Gasteiger charge is -2.34. The predicted molar refractivity (Wildman–Crippen MR) is 152 cm³/mol. The highest BCUT2D eigenvalue weighted by atomic mass is 16.5. The first kappa shape index (κ1) is 28.2. The number of benzene rings is 3. The van der Waals surface area contributed by atoms with Gasteiger partial charge in [0.1, 0.15) is 11.5 Å². The van der Waals surface area contributed by atoms with Crippen LogP contribution in [0.4, 0.5) is 0 Å². The highest BCUT2D eigenvalue weighted by Gasteiger charge is 2.31. The zero-order valence-electron chi connectivity index (χ0n) is 23.0. The van der Waals surface area contributed by atoms with Gasteiger partial charge >= 0.3 is 5.97 Å². The number of ether oxygens (including phenoxy) is 1. The van der Waals surface area contributed by atoms with Crippen LogP contribution < -0.4 is 4.74 Å². The summed E-state index contributed by atoms with van der Waals surface area (Å²) in [6.07, 6.45) is 7.28. The van der Waals surface area contributed by atoms with Crippen molar-refractivity contribution >= 4 is 12.0 Å². The Bertz CT molecular complexity index is 1250. The Morgan fingerprint density at radius 3 is 1.86 bits per heavy atom. The number of hydrogen-bond donors (Lipinski definition) is 2. The zero-order valence-corrected chi connectivity index (χ0v) is 23.0. The van der Waals surface area contributed by atoms with Gasteiger partial charge in [0.2, 0.25) is 0 Å². The second-order valence-corrected chi connectivity index (χ2v) is 9.92. The standard InChI is InChI=1S/C33H40O4/c1-7-32(36,8-2)20-19-25-11-14-27(21-23(25)5)33(9-3,10-4)28-15-18-30(24(6)22-28)37-29-16-12-26(13-17-29)31(34)35/h11-22,36H,7-10H2,1-6H3,(H,34,35). The fourth-order valence-corrected chi connectivity index (χ4v) is 4.98. The minimum Gasteiger partial charge on any atom is -0.478 e. The van der Waals surface area contributed by atoms with Gasteiger partial charge < -0.3 is 14.9 Å². The molecule has 0 spiro atoms. The van der Waals surface area contributed by atoms with Crippen LogP contribution in [0.2, 0.25) is 0 Å². The minimum absolute atomic E-state index is 0.132. The molecule has 3 aromatic rings. The molecule has 0 aliphatic carbocycles. The van der Waals surface area contributed by atoms with E-state index in [2.05, 4.69) is 51.1 Å². The lowest BCUT2D eigenvalue weighted by atomic mass is 9.70. The Morgan fingerprint density at radius 2 is 1.38 bits per heavy atom. The van der Waals surface area contributed by atoms with Crippen LogP contribution in [0.3, 0.4) is 0 Å². The Kier molecular flexibility index (Phi) is 8.98. The summed E-state index contributed by atoms with van der Waals surface area (Å²) in [4.78, 5) is 11.1. The molecule has 0 aliphatic heterocycles. The minimum atomic E-state index is -0.953. The van der Waals surface area contributed by atoms with Crippen molar-refractivity contribution in [3.63, 3.8) is 0 Å². The van der Waals surface area contributed by atoms with Crippen LogP contribution in [-0.4, -0.2) is 21.8 Å². The average molecular weight is 501 g/mol. The van der Waals surface area contributed by atoms with Gasteiger partial charge in [0, 0.05) is 5.41 Å². The molecule has 0 saturated heterocycles. The van der Waals surface area contributed by atoms with Gasteiger partial charge in [-0.2, -0.15) is 0 Å². The molecule has 0 bridgehead atoms. The fraction of sp³-hybridized carbons (Fsp3) is 0.364. The molecular weight excluding hydrogens is 460 g/mol. The van der Waals surface area contributed by atoms with Gasteiger partial charge in [-0.25, -0.2) is 4.79 Å². The molecule has 3 aromatic carbocycles. The smallest absolute Gasteiger partial charge is 0.335 e. The van der Waals surface area contributed by atoms with Gasteiger partial charge in [0.25, 0.3) is 0 Å². The summed E-state index contributed by atoms with van der Waals surface area (Å²) in [7, 11) is 0.